The Kier molecular flexibility index (Phi) is 4.56. The van der Waals surface area contributed by atoms with E-state index in [1.165, 1.54) is 25.7 Å². The van der Waals surface area contributed by atoms with Crippen LogP contribution in [0.1, 0.15) is 74.6 Å². The average Bonchev–Trinajstić information content (AvgIpc) is 3.23. The number of carbonyl (C=O) groups is 1. The minimum absolute atomic E-state index is 0.0218. The van der Waals surface area contributed by atoms with Crippen molar-refractivity contribution in [1.29, 1.82) is 0 Å². The van der Waals surface area contributed by atoms with E-state index in [0.29, 0.717) is 5.56 Å². The molecule has 0 saturated heterocycles. The molecular formula is C23H33N3O. The maximum absolute atomic E-state index is 13.1. The number of hydrogen-bond donors (Lipinski definition) is 1. The first-order valence-electron chi connectivity index (χ1n) is 10.6. The van der Waals surface area contributed by atoms with Crippen LogP contribution in [-0.2, 0) is 0 Å². The van der Waals surface area contributed by atoms with Crippen molar-refractivity contribution in [2.45, 2.75) is 72.8 Å². The average molecular weight is 368 g/mol. The van der Waals surface area contributed by atoms with Gasteiger partial charge in [-0.25, -0.2) is 4.98 Å². The summed E-state index contributed by atoms with van der Waals surface area (Å²) in [6.07, 6.45) is 8.19. The molecule has 2 aromatic heterocycles. The first-order valence-corrected chi connectivity index (χ1v) is 10.6. The molecule has 1 N–H and O–H groups in total. The van der Waals surface area contributed by atoms with Crippen molar-refractivity contribution < 1.29 is 4.79 Å². The lowest BCUT2D eigenvalue weighted by atomic mass is 9.76. The second-order valence-electron chi connectivity index (χ2n) is 9.56. The summed E-state index contributed by atoms with van der Waals surface area (Å²) in [5.74, 6) is 2.62. The molecule has 146 valence electrons. The Labute approximate surface area is 162 Å². The molecule has 4 nitrogen and oxygen atoms in total. The van der Waals surface area contributed by atoms with Crippen LogP contribution in [0.15, 0.2) is 18.3 Å². The van der Waals surface area contributed by atoms with E-state index >= 15 is 0 Å². The van der Waals surface area contributed by atoms with Crippen LogP contribution in [0, 0.1) is 37.0 Å². The van der Waals surface area contributed by atoms with Gasteiger partial charge in [0.15, 0.2) is 0 Å². The summed E-state index contributed by atoms with van der Waals surface area (Å²) in [7, 11) is 0. The minimum atomic E-state index is 0.0218. The van der Waals surface area contributed by atoms with Gasteiger partial charge in [-0.2, -0.15) is 0 Å². The van der Waals surface area contributed by atoms with Gasteiger partial charge in [0.25, 0.3) is 5.91 Å². The fourth-order valence-electron chi connectivity index (χ4n) is 6.16. The zero-order valence-electron chi connectivity index (χ0n) is 17.4. The first-order chi connectivity index (χ1) is 12.8. The van der Waals surface area contributed by atoms with Crippen LogP contribution in [-0.4, -0.2) is 21.3 Å². The third-order valence-electron chi connectivity index (χ3n) is 7.27. The third-order valence-corrected chi connectivity index (χ3v) is 7.27. The second kappa shape index (κ2) is 6.65. The Bertz CT molecular complexity index is 854. The summed E-state index contributed by atoms with van der Waals surface area (Å²) in [6, 6.07) is 4.18. The molecule has 27 heavy (non-hydrogen) atoms. The number of hydrogen-bond acceptors (Lipinski definition) is 2. The summed E-state index contributed by atoms with van der Waals surface area (Å²) in [5.41, 5.74) is 3.73. The Morgan fingerprint density at radius 2 is 2.00 bits per heavy atom. The number of nitrogens with one attached hydrogen (secondary N) is 1. The minimum Gasteiger partial charge on any atom is -0.349 e. The number of fused-ring (bicyclic) bond motifs is 2. The van der Waals surface area contributed by atoms with Gasteiger partial charge >= 0.3 is 0 Å². The van der Waals surface area contributed by atoms with E-state index < -0.39 is 0 Å². The van der Waals surface area contributed by atoms with E-state index in [2.05, 4.69) is 38.0 Å². The highest BCUT2D eigenvalue weighted by atomic mass is 16.1. The Morgan fingerprint density at radius 1 is 1.33 bits per heavy atom. The maximum Gasteiger partial charge on any atom is 0.255 e. The van der Waals surface area contributed by atoms with Gasteiger partial charge in [0.05, 0.1) is 5.56 Å². The lowest BCUT2D eigenvalue weighted by molar-refractivity contribution is 0.0878. The van der Waals surface area contributed by atoms with Gasteiger partial charge in [0.2, 0.25) is 0 Å². The number of aryl methyl sites for hydroxylation is 2. The molecule has 2 aromatic rings. The molecule has 2 heterocycles. The number of rotatable bonds is 4. The number of nitrogens with zero attached hydrogens (tertiary/aromatic N) is 2. The number of amides is 1. The Morgan fingerprint density at radius 3 is 2.63 bits per heavy atom. The predicted octanol–water partition coefficient (Wildman–Crippen LogP) is 4.92. The van der Waals surface area contributed by atoms with Gasteiger partial charge in [-0.05, 0) is 81.3 Å². The SMILES string of the molecule is CCC(NC(=O)c1ccn2c(C)cc(C)nc12)C1(C)CC2CC(C)CC2C1. The van der Waals surface area contributed by atoms with Crippen LogP contribution in [0.5, 0.6) is 0 Å². The van der Waals surface area contributed by atoms with Crippen molar-refractivity contribution in [2.75, 3.05) is 0 Å². The molecule has 4 heteroatoms. The van der Waals surface area contributed by atoms with Gasteiger partial charge in [-0.15, -0.1) is 0 Å². The molecule has 2 aliphatic rings. The molecular weight excluding hydrogens is 334 g/mol. The van der Waals surface area contributed by atoms with Crippen molar-refractivity contribution in [2.24, 2.45) is 23.2 Å². The molecule has 0 bridgehead atoms. The standard InChI is InChI=1S/C23H33N3O/c1-6-20(23(5)12-17-9-14(2)10-18(17)13-23)25-22(27)19-7-8-26-16(4)11-15(3)24-21(19)26/h7-8,11,14,17-18,20H,6,9-10,12-13H2,1-5H3,(H,25,27). The zero-order chi connectivity index (χ0) is 19.3. The Balaban J connectivity index is 1.55. The highest BCUT2D eigenvalue weighted by Crippen LogP contribution is 2.56. The quantitative estimate of drug-likeness (QED) is 0.833. The van der Waals surface area contributed by atoms with E-state index in [9.17, 15) is 4.79 Å². The summed E-state index contributed by atoms with van der Waals surface area (Å²) in [6.45, 7) is 11.0. The van der Waals surface area contributed by atoms with E-state index in [-0.39, 0.29) is 17.4 Å². The number of aromatic nitrogens is 2. The molecule has 4 rings (SSSR count). The highest BCUT2D eigenvalue weighted by molar-refractivity contribution is 6.00. The molecule has 3 atom stereocenters. The van der Waals surface area contributed by atoms with E-state index in [1.807, 2.05) is 29.7 Å². The molecule has 1 amide bonds. The van der Waals surface area contributed by atoms with Crippen molar-refractivity contribution in [1.82, 2.24) is 14.7 Å². The maximum atomic E-state index is 13.1. The molecule has 3 unspecified atom stereocenters. The third kappa shape index (κ3) is 3.17. The van der Waals surface area contributed by atoms with Crippen LogP contribution in [0.3, 0.4) is 0 Å². The van der Waals surface area contributed by atoms with Gasteiger partial charge in [-0.1, -0.05) is 20.8 Å². The van der Waals surface area contributed by atoms with Gasteiger partial charge < -0.3 is 9.72 Å². The number of carbonyl (C=O) groups excluding carboxylic acids is 1. The van der Waals surface area contributed by atoms with Crippen molar-refractivity contribution >= 4 is 11.6 Å². The molecule has 0 radical (unpaired) electrons. The predicted molar refractivity (Wildman–Crippen MR) is 109 cm³/mol. The smallest absolute Gasteiger partial charge is 0.255 e. The molecule has 2 saturated carbocycles. The zero-order valence-corrected chi connectivity index (χ0v) is 17.4. The Hall–Kier alpha value is -1.84. The van der Waals surface area contributed by atoms with Crippen LogP contribution in [0.25, 0.3) is 5.65 Å². The van der Waals surface area contributed by atoms with E-state index in [1.54, 1.807) is 0 Å². The summed E-state index contributed by atoms with van der Waals surface area (Å²) >= 11 is 0. The van der Waals surface area contributed by atoms with Crippen LogP contribution in [0.4, 0.5) is 0 Å². The summed E-state index contributed by atoms with van der Waals surface area (Å²) in [5, 5.41) is 3.39. The van der Waals surface area contributed by atoms with Gasteiger partial charge in [-0.3, -0.25) is 4.79 Å². The normalized spacial score (nSPS) is 31.2. The molecule has 0 spiro atoms. The van der Waals surface area contributed by atoms with Crippen LogP contribution >= 0.6 is 0 Å². The molecule has 0 aliphatic heterocycles. The molecule has 2 aliphatic carbocycles. The van der Waals surface area contributed by atoms with Gasteiger partial charge in [0, 0.05) is 23.6 Å². The highest BCUT2D eigenvalue weighted by Gasteiger charge is 2.49. The molecule has 0 aromatic carbocycles. The fourth-order valence-corrected chi connectivity index (χ4v) is 6.16. The largest absolute Gasteiger partial charge is 0.349 e. The van der Waals surface area contributed by atoms with Crippen molar-refractivity contribution in [3.8, 4) is 0 Å². The van der Waals surface area contributed by atoms with Crippen LogP contribution in [0.2, 0.25) is 0 Å². The van der Waals surface area contributed by atoms with Crippen LogP contribution < -0.4 is 5.32 Å². The second-order valence-corrected chi connectivity index (χ2v) is 9.56. The van der Waals surface area contributed by atoms with Gasteiger partial charge in [0.1, 0.15) is 5.65 Å². The first kappa shape index (κ1) is 18.5. The van der Waals surface area contributed by atoms with E-state index in [0.717, 1.165) is 41.2 Å². The topological polar surface area (TPSA) is 46.4 Å². The lowest BCUT2D eigenvalue weighted by Gasteiger charge is -2.35. The van der Waals surface area contributed by atoms with Crippen molar-refractivity contribution in [3.05, 3.63) is 35.3 Å². The fraction of sp³-hybridized carbons (Fsp3) is 0.652. The van der Waals surface area contributed by atoms with E-state index in [4.69, 9.17) is 0 Å². The monoisotopic (exact) mass is 367 g/mol. The summed E-state index contributed by atoms with van der Waals surface area (Å²) in [4.78, 5) is 17.8. The molecule has 2 fully saturated rings. The lowest BCUT2D eigenvalue weighted by Crippen LogP contribution is -2.45. The summed E-state index contributed by atoms with van der Waals surface area (Å²) < 4.78 is 2.01. The van der Waals surface area contributed by atoms with Crippen molar-refractivity contribution in [3.63, 3.8) is 0 Å².